The topological polar surface area (TPSA) is 101 Å². The molecule has 0 radical (unpaired) electrons. The highest BCUT2D eigenvalue weighted by molar-refractivity contribution is 7.89. The molecular formula is C13H20ClN3O4S. The predicted molar refractivity (Wildman–Crippen MR) is 85.7 cm³/mol. The predicted octanol–water partition coefficient (Wildman–Crippen LogP) is 1.68. The Morgan fingerprint density at radius 3 is 2.68 bits per heavy atom. The second-order valence-electron chi connectivity index (χ2n) is 5.24. The number of rotatable bonds is 5. The minimum Gasteiger partial charge on any atom is -0.316 e. The summed E-state index contributed by atoms with van der Waals surface area (Å²) in [4.78, 5) is 9.99. The Morgan fingerprint density at radius 2 is 2.09 bits per heavy atom. The van der Waals surface area contributed by atoms with E-state index in [9.17, 15) is 18.5 Å². The maximum absolute atomic E-state index is 12.4. The summed E-state index contributed by atoms with van der Waals surface area (Å²) < 4.78 is 27.3. The lowest BCUT2D eigenvalue weighted by Gasteiger charge is -2.28. The van der Waals surface area contributed by atoms with Crippen LogP contribution in [0.25, 0.3) is 0 Å². The van der Waals surface area contributed by atoms with E-state index >= 15 is 0 Å². The second kappa shape index (κ2) is 7.87. The van der Waals surface area contributed by atoms with E-state index in [2.05, 4.69) is 10.0 Å². The normalized spacial score (nSPS) is 20.0. The number of benzene rings is 1. The standard InChI is InChI=1S/C13H19N3O4S.ClH/c1-10(11-5-4-8-14-9-11)15-21(19,20)13-7-3-2-6-12(13)16(17)18;/h2-3,6-7,10-11,14-15H,4-5,8-9H2,1H3;1H. The van der Waals surface area contributed by atoms with E-state index < -0.39 is 20.6 Å². The largest absolute Gasteiger partial charge is 0.316 e. The molecule has 1 aliphatic rings. The summed E-state index contributed by atoms with van der Waals surface area (Å²) in [5, 5.41) is 14.2. The molecule has 2 unspecified atom stereocenters. The first-order chi connectivity index (χ1) is 9.92. The van der Waals surface area contributed by atoms with Gasteiger partial charge in [0.2, 0.25) is 10.0 Å². The molecule has 1 aromatic rings. The molecule has 0 aromatic heterocycles. The lowest BCUT2D eigenvalue weighted by Crippen LogP contribution is -2.44. The first kappa shape index (κ1) is 18.8. The van der Waals surface area contributed by atoms with Crippen LogP contribution in [0.4, 0.5) is 5.69 Å². The van der Waals surface area contributed by atoms with Crippen molar-refractivity contribution in [3.8, 4) is 0 Å². The summed E-state index contributed by atoms with van der Waals surface area (Å²) in [5.74, 6) is 0.191. The van der Waals surface area contributed by atoms with Crippen LogP contribution in [0.1, 0.15) is 19.8 Å². The van der Waals surface area contributed by atoms with Gasteiger partial charge in [-0.15, -0.1) is 12.4 Å². The smallest absolute Gasteiger partial charge is 0.289 e. The maximum Gasteiger partial charge on any atom is 0.289 e. The molecular weight excluding hydrogens is 330 g/mol. The van der Waals surface area contributed by atoms with Crippen LogP contribution in [-0.4, -0.2) is 32.5 Å². The molecule has 0 saturated carbocycles. The van der Waals surface area contributed by atoms with Crippen molar-refractivity contribution in [2.75, 3.05) is 13.1 Å². The van der Waals surface area contributed by atoms with Crippen molar-refractivity contribution < 1.29 is 13.3 Å². The molecule has 0 aliphatic carbocycles. The van der Waals surface area contributed by atoms with Crippen LogP contribution in [0, 0.1) is 16.0 Å². The molecule has 2 N–H and O–H groups in total. The molecule has 0 amide bonds. The summed E-state index contributed by atoms with van der Waals surface area (Å²) >= 11 is 0. The molecule has 7 nitrogen and oxygen atoms in total. The molecule has 1 fully saturated rings. The van der Waals surface area contributed by atoms with E-state index in [0.29, 0.717) is 0 Å². The number of nitrogens with one attached hydrogen (secondary N) is 2. The summed E-state index contributed by atoms with van der Waals surface area (Å²) in [7, 11) is -3.90. The Balaban J connectivity index is 0.00000242. The molecule has 1 heterocycles. The quantitative estimate of drug-likeness (QED) is 0.622. The Labute approximate surface area is 136 Å². The van der Waals surface area contributed by atoms with Gasteiger partial charge in [-0.25, -0.2) is 13.1 Å². The minimum absolute atomic E-state index is 0. The first-order valence-corrected chi connectivity index (χ1v) is 8.36. The fraction of sp³-hybridized carbons (Fsp3) is 0.538. The van der Waals surface area contributed by atoms with Crippen molar-refractivity contribution in [2.45, 2.75) is 30.7 Å². The van der Waals surface area contributed by atoms with E-state index in [1.54, 1.807) is 6.92 Å². The highest BCUT2D eigenvalue weighted by atomic mass is 35.5. The Morgan fingerprint density at radius 1 is 1.41 bits per heavy atom. The number of hydrogen-bond acceptors (Lipinski definition) is 5. The van der Waals surface area contributed by atoms with Crippen molar-refractivity contribution in [1.82, 2.24) is 10.0 Å². The molecule has 1 saturated heterocycles. The molecule has 2 atom stereocenters. The van der Waals surface area contributed by atoms with Gasteiger partial charge in [-0.1, -0.05) is 12.1 Å². The van der Waals surface area contributed by atoms with Crippen molar-refractivity contribution in [3.63, 3.8) is 0 Å². The summed E-state index contributed by atoms with van der Waals surface area (Å²) in [6.07, 6.45) is 1.94. The third-order valence-electron chi connectivity index (χ3n) is 3.73. The van der Waals surface area contributed by atoms with Crippen molar-refractivity contribution in [3.05, 3.63) is 34.4 Å². The monoisotopic (exact) mass is 349 g/mol. The van der Waals surface area contributed by atoms with E-state index in [-0.39, 0.29) is 29.3 Å². The molecule has 0 spiro atoms. The van der Waals surface area contributed by atoms with Crippen LogP contribution in [0.2, 0.25) is 0 Å². The van der Waals surface area contributed by atoms with Crippen LogP contribution >= 0.6 is 12.4 Å². The minimum atomic E-state index is -3.90. The highest BCUT2D eigenvalue weighted by Gasteiger charge is 2.29. The van der Waals surface area contributed by atoms with Crippen LogP contribution in [0.15, 0.2) is 29.2 Å². The van der Waals surface area contributed by atoms with Gasteiger partial charge >= 0.3 is 0 Å². The van der Waals surface area contributed by atoms with E-state index in [4.69, 9.17) is 0 Å². The molecule has 22 heavy (non-hydrogen) atoms. The zero-order valence-corrected chi connectivity index (χ0v) is 13.8. The van der Waals surface area contributed by atoms with Crippen LogP contribution in [-0.2, 0) is 10.0 Å². The van der Waals surface area contributed by atoms with Crippen molar-refractivity contribution in [1.29, 1.82) is 0 Å². The molecule has 9 heteroatoms. The second-order valence-corrected chi connectivity index (χ2v) is 6.92. The average molecular weight is 350 g/mol. The van der Waals surface area contributed by atoms with E-state index in [1.165, 1.54) is 24.3 Å². The van der Waals surface area contributed by atoms with Crippen LogP contribution < -0.4 is 10.0 Å². The fourth-order valence-electron chi connectivity index (χ4n) is 2.55. The number of para-hydroxylation sites is 1. The Bertz CT molecular complexity index is 617. The number of halogens is 1. The van der Waals surface area contributed by atoms with Gasteiger partial charge in [-0.2, -0.15) is 0 Å². The first-order valence-electron chi connectivity index (χ1n) is 6.88. The molecule has 124 valence electrons. The summed E-state index contributed by atoms with van der Waals surface area (Å²) in [5.41, 5.74) is -0.404. The summed E-state index contributed by atoms with van der Waals surface area (Å²) in [6, 6.07) is 5.11. The Hall–Kier alpha value is -1.22. The van der Waals surface area contributed by atoms with E-state index in [1.807, 2.05) is 0 Å². The molecule has 2 rings (SSSR count). The summed E-state index contributed by atoms with van der Waals surface area (Å²) in [6.45, 7) is 3.49. The zero-order chi connectivity index (χ0) is 15.5. The number of nitro benzene ring substituents is 1. The van der Waals surface area contributed by atoms with Crippen LogP contribution in [0.3, 0.4) is 0 Å². The average Bonchev–Trinajstić information content (AvgIpc) is 2.47. The lowest BCUT2D eigenvalue weighted by atomic mass is 9.94. The van der Waals surface area contributed by atoms with Gasteiger partial charge in [0.05, 0.1) is 4.92 Å². The number of sulfonamides is 1. The van der Waals surface area contributed by atoms with Gasteiger partial charge in [0.15, 0.2) is 4.90 Å². The SMILES string of the molecule is CC(NS(=O)(=O)c1ccccc1[N+](=O)[O-])C1CCCNC1.Cl. The van der Waals surface area contributed by atoms with Gasteiger partial charge in [0, 0.05) is 12.1 Å². The lowest BCUT2D eigenvalue weighted by molar-refractivity contribution is -0.387. The fourth-order valence-corrected chi connectivity index (χ4v) is 4.03. The number of nitrogens with zero attached hydrogens (tertiary/aromatic N) is 1. The number of hydrogen-bond donors (Lipinski definition) is 2. The molecule has 1 aliphatic heterocycles. The van der Waals surface area contributed by atoms with Gasteiger partial charge in [-0.3, -0.25) is 10.1 Å². The van der Waals surface area contributed by atoms with Crippen molar-refractivity contribution in [2.24, 2.45) is 5.92 Å². The zero-order valence-electron chi connectivity index (χ0n) is 12.2. The number of piperidine rings is 1. The highest BCUT2D eigenvalue weighted by Crippen LogP contribution is 2.24. The van der Waals surface area contributed by atoms with E-state index in [0.717, 1.165) is 25.9 Å². The third-order valence-corrected chi connectivity index (χ3v) is 5.34. The third kappa shape index (κ3) is 4.39. The maximum atomic E-state index is 12.4. The van der Waals surface area contributed by atoms with Gasteiger partial charge in [0.1, 0.15) is 0 Å². The van der Waals surface area contributed by atoms with Crippen LogP contribution in [0.5, 0.6) is 0 Å². The van der Waals surface area contributed by atoms with Gasteiger partial charge in [-0.05, 0) is 44.8 Å². The van der Waals surface area contributed by atoms with Crippen molar-refractivity contribution >= 4 is 28.1 Å². The Kier molecular flexibility index (Phi) is 6.73. The van der Waals surface area contributed by atoms with Gasteiger partial charge in [0.25, 0.3) is 5.69 Å². The molecule has 1 aromatic carbocycles. The molecule has 0 bridgehead atoms. The number of nitro groups is 1. The van der Waals surface area contributed by atoms with Gasteiger partial charge < -0.3 is 5.32 Å².